The summed E-state index contributed by atoms with van der Waals surface area (Å²) in [6.07, 6.45) is 24.0. The van der Waals surface area contributed by atoms with Crippen LogP contribution >= 0.6 is 12.4 Å². The minimum atomic E-state index is 0. The van der Waals surface area contributed by atoms with Gasteiger partial charge in [0, 0.05) is 0 Å². The van der Waals surface area contributed by atoms with Crippen LogP contribution in [0.3, 0.4) is 0 Å². The minimum Gasteiger partial charge on any atom is -0.330 e. The van der Waals surface area contributed by atoms with Crippen LogP contribution in [0.1, 0.15) is 115 Å². The van der Waals surface area contributed by atoms with Crippen LogP contribution in [-0.4, -0.2) is 6.54 Å². The second kappa shape index (κ2) is 21.2. The van der Waals surface area contributed by atoms with Gasteiger partial charge in [0.25, 0.3) is 0 Å². The van der Waals surface area contributed by atoms with Crippen LogP contribution < -0.4 is 5.73 Å². The third-order valence-electron chi connectivity index (χ3n) is 5.92. The maximum atomic E-state index is 5.98. The van der Waals surface area contributed by atoms with Crippen molar-refractivity contribution < 1.29 is 0 Å². The molecule has 164 valence electrons. The van der Waals surface area contributed by atoms with Crippen molar-refractivity contribution in [1.82, 2.24) is 0 Å². The smallest absolute Gasteiger partial charge is 0.00457 e. The summed E-state index contributed by atoms with van der Waals surface area (Å²) in [5.41, 5.74) is 7.42. The van der Waals surface area contributed by atoms with Gasteiger partial charge in [0.2, 0.25) is 0 Å². The van der Waals surface area contributed by atoms with Crippen molar-refractivity contribution in [3.63, 3.8) is 0 Å². The monoisotopic (exact) mass is 409 g/mol. The van der Waals surface area contributed by atoms with Gasteiger partial charge in [-0.15, -0.1) is 12.4 Å². The molecule has 0 radical (unpaired) electrons. The fraction of sp³-hybridized carbons (Fsp3) is 0.769. The van der Waals surface area contributed by atoms with Crippen LogP contribution in [0.25, 0.3) is 0 Å². The average molecular weight is 410 g/mol. The Morgan fingerprint density at radius 3 is 1.50 bits per heavy atom. The standard InChI is InChI=1S/C26H47N.ClH/c1-2-3-4-5-6-7-8-9-10-11-12-13-14-15-17-22-26(24-27)23-25-20-18-16-19-21-25;/h16,18-21,26H,2-15,17,22-24,27H2,1H3;1H. The second-order valence-corrected chi connectivity index (χ2v) is 8.53. The third-order valence-corrected chi connectivity index (χ3v) is 5.92. The van der Waals surface area contributed by atoms with E-state index in [9.17, 15) is 0 Å². The van der Waals surface area contributed by atoms with E-state index in [4.69, 9.17) is 5.73 Å². The molecule has 1 aromatic carbocycles. The number of hydrogen-bond acceptors (Lipinski definition) is 1. The largest absolute Gasteiger partial charge is 0.330 e. The molecule has 1 rings (SSSR count). The lowest BCUT2D eigenvalue weighted by atomic mass is 9.93. The number of hydrogen-bond donors (Lipinski definition) is 1. The van der Waals surface area contributed by atoms with Crippen LogP contribution in [0.2, 0.25) is 0 Å². The lowest BCUT2D eigenvalue weighted by molar-refractivity contribution is 0.454. The molecular weight excluding hydrogens is 362 g/mol. The highest BCUT2D eigenvalue weighted by Crippen LogP contribution is 2.17. The predicted molar refractivity (Wildman–Crippen MR) is 129 cm³/mol. The first kappa shape index (κ1) is 27.5. The summed E-state index contributed by atoms with van der Waals surface area (Å²) in [6, 6.07) is 10.8. The Morgan fingerprint density at radius 1 is 0.643 bits per heavy atom. The Kier molecular flexibility index (Phi) is 20.8. The first-order valence-electron chi connectivity index (χ1n) is 12.1. The minimum absolute atomic E-state index is 0. The molecule has 0 fully saturated rings. The molecule has 2 N–H and O–H groups in total. The number of halogens is 1. The van der Waals surface area contributed by atoms with Crippen LogP contribution in [-0.2, 0) is 6.42 Å². The van der Waals surface area contributed by atoms with Gasteiger partial charge in [-0.1, -0.05) is 134 Å². The Bertz CT molecular complexity index is 406. The molecule has 0 amide bonds. The van der Waals surface area contributed by atoms with Crippen molar-refractivity contribution >= 4 is 12.4 Å². The van der Waals surface area contributed by atoms with E-state index >= 15 is 0 Å². The van der Waals surface area contributed by atoms with Crippen molar-refractivity contribution in [2.45, 2.75) is 116 Å². The normalized spacial score (nSPS) is 11.9. The molecule has 0 bridgehead atoms. The Labute approximate surface area is 182 Å². The Hall–Kier alpha value is -0.530. The molecule has 0 spiro atoms. The summed E-state index contributed by atoms with van der Waals surface area (Å²) in [4.78, 5) is 0. The third kappa shape index (κ3) is 16.4. The van der Waals surface area contributed by atoms with Crippen molar-refractivity contribution in [1.29, 1.82) is 0 Å². The van der Waals surface area contributed by atoms with E-state index in [1.165, 1.54) is 108 Å². The van der Waals surface area contributed by atoms with Crippen LogP contribution in [0, 0.1) is 5.92 Å². The molecule has 1 unspecified atom stereocenters. The van der Waals surface area contributed by atoms with Gasteiger partial charge in [0.1, 0.15) is 0 Å². The van der Waals surface area contributed by atoms with Gasteiger partial charge in [0.05, 0.1) is 0 Å². The van der Waals surface area contributed by atoms with Gasteiger partial charge in [-0.05, 0) is 30.9 Å². The highest BCUT2D eigenvalue weighted by atomic mass is 35.5. The van der Waals surface area contributed by atoms with Crippen molar-refractivity contribution in [3.05, 3.63) is 35.9 Å². The van der Waals surface area contributed by atoms with Crippen molar-refractivity contribution in [2.75, 3.05) is 6.54 Å². The molecule has 1 nitrogen and oxygen atoms in total. The van der Waals surface area contributed by atoms with Gasteiger partial charge in [0.15, 0.2) is 0 Å². The van der Waals surface area contributed by atoms with E-state index in [1.54, 1.807) is 0 Å². The van der Waals surface area contributed by atoms with Gasteiger partial charge in [-0.25, -0.2) is 0 Å². The predicted octanol–water partition coefficient (Wildman–Crippen LogP) is 8.49. The lowest BCUT2D eigenvalue weighted by Crippen LogP contribution is -2.16. The molecule has 0 aliphatic heterocycles. The van der Waals surface area contributed by atoms with E-state index < -0.39 is 0 Å². The summed E-state index contributed by atoms with van der Waals surface area (Å²) >= 11 is 0. The summed E-state index contributed by atoms with van der Waals surface area (Å²) in [7, 11) is 0. The molecule has 0 aliphatic carbocycles. The van der Waals surface area contributed by atoms with Crippen molar-refractivity contribution in [2.24, 2.45) is 11.7 Å². The molecule has 1 aromatic rings. The first-order chi connectivity index (χ1) is 13.4. The van der Waals surface area contributed by atoms with Gasteiger partial charge in [-0.3, -0.25) is 0 Å². The topological polar surface area (TPSA) is 26.0 Å². The van der Waals surface area contributed by atoms with Crippen LogP contribution in [0.4, 0.5) is 0 Å². The fourth-order valence-corrected chi connectivity index (χ4v) is 4.06. The van der Waals surface area contributed by atoms with Crippen molar-refractivity contribution in [3.8, 4) is 0 Å². The quantitative estimate of drug-likeness (QED) is 0.228. The summed E-state index contributed by atoms with van der Waals surface area (Å²) in [5, 5.41) is 0. The summed E-state index contributed by atoms with van der Waals surface area (Å²) < 4.78 is 0. The molecular formula is C26H48ClN. The number of unbranched alkanes of at least 4 members (excludes halogenated alkanes) is 14. The maximum absolute atomic E-state index is 5.98. The zero-order valence-corrected chi connectivity index (χ0v) is 19.5. The zero-order valence-electron chi connectivity index (χ0n) is 18.7. The van der Waals surface area contributed by atoms with Crippen LogP contribution in [0.15, 0.2) is 30.3 Å². The Balaban J connectivity index is 0.00000729. The zero-order chi connectivity index (χ0) is 19.4. The van der Waals surface area contributed by atoms with Crippen LogP contribution in [0.5, 0.6) is 0 Å². The van der Waals surface area contributed by atoms with Gasteiger partial charge < -0.3 is 5.73 Å². The maximum Gasteiger partial charge on any atom is -0.00457 e. The molecule has 2 heteroatoms. The van der Waals surface area contributed by atoms with E-state index in [0.717, 1.165) is 13.0 Å². The first-order valence-corrected chi connectivity index (χ1v) is 12.1. The molecule has 0 saturated carbocycles. The van der Waals surface area contributed by atoms with E-state index in [0.29, 0.717) is 5.92 Å². The Morgan fingerprint density at radius 2 is 1.07 bits per heavy atom. The summed E-state index contributed by atoms with van der Waals surface area (Å²) in [5.74, 6) is 0.661. The number of nitrogens with two attached hydrogens (primary N) is 1. The molecule has 0 saturated heterocycles. The second-order valence-electron chi connectivity index (χ2n) is 8.53. The molecule has 0 aliphatic rings. The fourth-order valence-electron chi connectivity index (χ4n) is 4.06. The molecule has 28 heavy (non-hydrogen) atoms. The van der Waals surface area contributed by atoms with Gasteiger partial charge >= 0.3 is 0 Å². The highest BCUT2D eigenvalue weighted by Gasteiger charge is 2.07. The number of benzene rings is 1. The van der Waals surface area contributed by atoms with E-state index in [1.807, 2.05) is 0 Å². The lowest BCUT2D eigenvalue weighted by Gasteiger charge is -2.14. The van der Waals surface area contributed by atoms with E-state index in [-0.39, 0.29) is 12.4 Å². The average Bonchev–Trinajstić information content (AvgIpc) is 2.70. The summed E-state index contributed by atoms with van der Waals surface area (Å²) in [6.45, 7) is 3.12. The molecule has 0 aromatic heterocycles. The molecule has 0 heterocycles. The van der Waals surface area contributed by atoms with Gasteiger partial charge in [-0.2, -0.15) is 0 Å². The molecule has 1 atom stereocenters. The van der Waals surface area contributed by atoms with E-state index in [2.05, 4.69) is 37.3 Å². The number of rotatable bonds is 19. The highest BCUT2D eigenvalue weighted by molar-refractivity contribution is 5.85. The SMILES string of the molecule is CCCCCCCCCCCCCCCCCC(CN)Cc1ccccc1.Cl.